The Morgan fingerprint density at radius 3 is 1.46 bits per heavy atom. The van der Waals surface area contributed by atoms with Gasteiger partial charge in [0, 0.05) is 59.3 Å². The summed E-state index contributed by atoms with van der Waals surface area (Å²) in [5, 5.41) is 3.30. The molecule has 346 valence electrons. The van der Waals surface area contributed by atoms with Gasteiger partial charge in [-0.25, -0.2) is 0 Å². The summed E-state index contributed by atoms with van der Waals surface area (Å²) in [5.41, 5.74) is 18.5. The van der Waals surface area contributed by atoms with E-state index >= 15 is 0 Å². The van der Waals surface area contributed by atoms with E-state index in [-0.39, 0.29) is 21.7 Å². The molecule has 0 amide bonds. The Kier molecular flexibility index (Phi) is 11.0. The third-order valence-electron chi connectivity index (χ3n) is 16.0. The van der Waals surface area contributed by atoms with E-state index in [1.807, 2.05) is 11.3 Å². The molecular formula is C65H63ClN2S. The number of fused-ring (bicyclic) bond motifs is 5. The van der Waals surface area contributed by atoms with Crippen LogP contribution in [0.3, 0.4) is 0 Å². The van der Waals surface area contributed by atoms with E-state index in [9.17, 15) is 0 Å². The smallest absolute Gasteiger partial charge is 0.0497 e. The van der Waals surface area contributed by atoms with Gasteiger partial charge in [0.2, 0.25) is 0 Å². The predicted octanol–water partition coefficient (Wildman–Crippen LogP) is 20.0. The molecule has 0 unspecified atom stereocenters. The fourth-order valence-corrected chi connectivity index (χ4v) is 12.9. The summed E-state index contributed by atoms with van der Waals surface area (Å²) in [6.07, 6.45) is 4.64. The maximum absolute atomic E-state index is 7.46. The van der Waals surface area contributed by atoms with Crippen LogP contribution in [0.4, 0.5) is 34.1 Å². The topological polar surface area (TPSA) is 6.48 Å². The van der Waals surface area contributed by atoms with Crippen LogP contribution in [-0.2, 0) is 21.7 Å². The molecular weight excluding hydrogens is 876 g/mol. The van der Waals surface area contributed by atoms with E-state index in [1.165, 1.54) is 83.1 Å². The van der Waals surface area contributed by atoms with Crippen molar-refractivity contribution in [1.29, 1.82) is 0 Å². The van der Waals surface area contributed by atoms with Crippen LogP contribution in [0.15, 0.2) is 170 Å². The molecule has 2 aliphatic rings. The van der Waals surface area contributed by atoms with Gasteiger partial charge >= 0.3 is 0 Å². The van der Waals surface area contributed by atoms with Crippen LogP contribution < -0.4 is 9.80 Å². The Morgan fingerprint density at radius 1 is 0.377 bits per heavy atom. The number of hydrogen-bond donors (Lipinski definition) is 0. The average Bonchev–Trinajstić information content (AvgIpc) is 3.71. The van der Waals surface area contributed by atoms with Crippen molar-refractivity contribution in [1.82, 2.24) is 0 Å². The molecule has 0 N–H and O–H groups in total. The van der Waals surface area contributed by atoms with Crippen molar-refractivity contribution in [2.45, 2.75) is 110 Å². The molecule has 11 rings (SSSR count). The van der Waals surface area contributed by atoms with Gasteiger partial charge in [-0.1, -0.05) is 152 Å². The third-order valence-corrected chi connectivity index (χ3v) is 17.3. The molecule has 0 aliphatic heterocycles. The van der Waals surface area contributed by atoms with Gasteiger partial charge in [-0.05, 0) is 189 Å². The molecule has 9 aromatic rings. The normalized spacial score (nSPS) is 16.5. The fraction of sp³-hybridized carbons (Fsp3) is 0.262. The van der Waals surface area contributed by atoms with Crippen LogP contribution in [0.1, 0.15) is 109 Å². The van der Waals surface area contributed by atoms with E-state index in [0.29, 0.717) is 5.02 Å². The van der Waals surface area contributed by atoms with Crippen molar-refractivity contribution in [3.05, 3.63) is 203 Å². The van der Waals surface area contributed by atoms with E-state index in [4.69, 9.17) is 11.6 Å². The zero-order valence-electron chi connectivity index (χ0n) is 41.7. The Balaban J connectivity index is 1.09. The Bertz CT molecular complexity index is 3350. The van der Waals surface area contributed by atoms with Gasteiger partial charge in [0.25, 0.3) is 0 Å². The number of nitrogens with zero attached hydrogens (tertiary/aromatic N) is 2. The molecule has 0 saturated heterocycles. The summed E-state index contributed by atoms with van der Waals surface area (Å²) in [5.74, 6) is 0. The standard InChI is InChI=1S/C65H63ClN2S/c1-42-35-45(43-15-11-10-12-16-43)21-29-59(42)68(48-23-19-44(20-24-48)46-22-30-61-54(36-46)53-17-13-14-18-60(53)69-61)52-38-47(66)37-51(39-52)67(49-25-27-55-57(40-49)64(6,7)33-31-62(55,2)3)50-26-28-56-58(41-50)65(8,9)34-32-63(56,4)5/h10-30,35-41H,31-34H2,1-9H3. The minimum Gasteiger partial charge on any atom is -0.310 e. The van der Waals surface area contributed by atoms with Gasteiger partial charge in [-0.3, -0.25) is 0 Å². The number of thiophene rings is 1. The summed E-state index contributed by atoms with van der Waals surface area (Å²) in [6, 6.07) is 63.4. The molecule has 0 radical (unpaired) electrons. The Hall–Kier alpha value is -6.13. The zero-order valence-corrected chi connectivity index (χ0v) is 43.2. The third kappa shape index (κ3) is 8.16. The van der Waals surface area contributed by atoms with Gasteiger partial charge in [-0.15, -0.1) is 11.3 Å². The maximum atomic E-state index is 7.46. The molecule has 4 heteroatoms. The number of hydrogen-bond acceptors (Lipinski definition) is 3. The summed E-state index contributed by atoms with van der Waals surface area (Å²) in [6.45, 7) is 21.6. The van der Waals surface area contributed by atoms with Crippen LogP contribution >= 0.6 is 22.9 Å². The largest absolute Gasteiger partial charge is 0.310 e. The minimum absolute atomic E-state index is 0.0452. The van der Waals surface area contributed by atoms with Crippen molar-refractivity contribution < 1.29 is 0 Å². The van der Waals surface area contributed by atoms with Crippen LogP contribution in [0.2, 0.25) is 5.02 Å². The van der Waals surface area contributed by atoms with Gasteiger partial charge in [0.1, 0.15) is 0 Å². The average molecular weight is 940 g/mol. The monoisotopic (exact) mass is 938 g/mol. The summed E-state index contributed by atoms with van der Waals surface area (Å²) >= 11 is 9.32. The first kappa shape index (κ1) is 45.3. The number of aryl methyl sites for hydroxylation is 1. The van der Waals surface area contributed by atoms with Crippen LogP contribution in [0.5, 0.6) is 0 Å². The van der Waals surface area contributed by atoms with Gasteiger partial charge < -0.3 is 9.80 Å². The highest BCUT2D eigenvalue weighted by atomic mass is 35.5. The molecule has 1 heterocycles. The lowest BCUT2D eigenvalue weighted by Gasteiger charge is -2.43. The van der Waals surface area contributed by atoms with Gasteiger partial charge in [0.05, 0.1) is 0 Å². The van der Waals surface area contributed by atoms with E-state index < -0.39 is 0 Å². The van der Waals surface area contributed by atoms with Crippen molar-refractivity contribution >= 4 is 77.2 Å². The van der Waals surface area contributed by atoms with E-state index in [1.54, 1.807) is 0 Å². The number of halogens is 1. The highest BCUT2D eigenvalue weighted by Crippen LogP contribution is 2.52. The molecule has 2 aliphatic carbocycles. The van der Waals surface area contributed by atoms with Crippen LogP contribution in [0.25, 0.3) is 42.4 Å². The maximum Gasteiger partial charge on any atom is 0.0497 e. The first-order chi connectivity index (χ1) is 33.0. The highest BCUT2D eigenvalue weighted by Gasteiger charge is 2.39. The Labute approximate surface area is 419 Å². The van der Waals surface area contributed by atoms with Crippen molar-refractivity contribution in [3.8, 4) is 22.3 Å². The molecule has 0 saturated carbocycles. The molecule has 1 aromatic heterocycles. The summed E-state index contributed by atoms with van der Waals surface area (Å²) < 4.78 is 2.64. The molecule has 0 bridgehead atoms. The zero-order chi connectivity index (χ0) is 48.0. The second kappa shape index (κ2) is 16.8. The number of rotatable bonds is 8. The highest BCUT2D eigenvalue weighted by molar-refractivity contribution is 7.25. The number of anilines is 6. The lowest BCUT2D eigenvalue weighted by atomic mass is 9.63. The minimum atomic E-state index is 0.0452. The SMILES string of the molecule is Cc1cc(-c2ccccc2)ccc1N(c1ccc(-c2ccc3sc4ccccc4c3c2)cc1)c1cc(Cl)cc(N(c2ccc3c(c2)C(C)(C)CCC3(C)C)c2ccc3c(c2)C(C)(C)CCC3(C)C)c1. The van der Waals surface area contributed by atoms with E-state index in [2.05, 4.69) is 242 Å². The fourth-order valence-electron chi connectivity index (χ4n) is 11.5. The molecule has 2 nitrogen and oxygen atoms in total. The lowest BCUT2D eigenvalue weighted by Crippen LogP contribution is -2.34. The first-order valence-corrected chi connectivity index (χ1v) is 26.0. The van der Waals surface area contributed by atoms with Gasteiger partial charge in [0.15, 0.2) is 0 Å². The summed E-state index contributed by atoms with van der Waals surface area (Å²) in [4.78, 5) is 4.87. The molecule has 0 fully saturated rings. The first-order valence-electron chi connectivity index (χ1n) is 24.8. The number of benzene rings is 8. The molecule has 8 aromatic carbocycles. The Morgan fingerprint density at radius 2 is 0.855 bits per heavy atom. The second-order valence-corrected chi connectivity index (χ2v) is 24.1. The van der Waals surface area contributed by atoms with Crippen molar-refractivity contribution in [2.24, 2.45) is 0 Å². The van der Waals surface area contributed by atoms with Crippen LogP contribution in [-0.4, -0.2) is 0 Å². The predicted molar refractivity (Wildman–Crippen MR) is 300 cm³/mol. The van der Waals surface area contributed by atoms with Gasteiger partial charge in [-0.2, -0.15) is 0 Å². The molecule has 69 heavy (non-hydrogen) atoms. The lowest BCUT2D eigenvalue weighted by molar-refractivity contribution is 0.332. The summed E-state index contributed by atoms with van der Waals surface area (Å²) in [7, 11) is 0. The van der Waals surface area contributed by atoms with E-state index in [0.717, 1.165) is 47.0 Å². The quantitative estimate of drug-likeness (QED) is 0.150. The van der Waals surface area contributed by atoms with Crippen LogP contribution in [0, 0.1) is 6.92 Å². The molecule has 0 atom stereocenters. The van der Waals surface area contributed by atoms with Crippen molar-refractivity contribution in [3.63, 3.8) is 0 Å². The molecule has 0 spiro atoms. The second-order valence-electron chi connectivity index (χ2n) is 22.6. The van der Waals surface area contributed by atoms with Crippen molar-refractivity contribution in [2.75, 3.05) is 9.80 Å².